The van der Waals surface area contributed by atoms with Crippen molar-refractivity contribution < 1.29 is 19.5 Å². The Hall–Kier alpha value is -2.74. The highest BCUT2D eigenvalue weighted by atomic mass is 35.5. The Kier molecular flexibility index (Phi) is 6.64. The van der Waals surface area contributed by atoms with E-state index in [2.05, 4.69) is 0 Å². The van der Waals surface area contributed by atoms with Gasteiger partial charge in [0.2, 0.25) is 0 Å². The van der Waals surface area contributed by atoms with Crippen molar-refractivity contribution in [1.82, 2.24) is 4.90 Å². The summed E-state index contributed by atoms with van der Waals surface area (Å²) in [5, 5.41) is 9.44. The van der Waals surface area contributed by atoms with Crippen LogP contribution in [0.15, 0.2) is 59.5 Å². The van der Waals surface area contributed by atoms with Crippen molar-refractivity contribution in [3.63, 3.8) is 0 Å². The number of carboxylic acid groups (broad SMARTS) is 1. The molecule has 1 amide bonds. The highest BCUT2D eigenvalue weighted by Gasteiger charge is 2.33. The second kappa shape index (κ2) is 9.17. The summed E-state index contributed by atoms with van der Waals surface area (Å²) in [4.78, 5) is 36.7. The van der Waals surface area contributed by atoms with Crippen molar-refractivity contribution >= 4 is 69.7 Å². The lowest BCUT2D eigenvalue weighted by Gasteiger charge is -2.10. The van der Waals surface area contributed by atoms with E-state index in [-0.39, 0.29) is 10.1 Å². The number of rotatable bonds is 6. The van der Waals surface area contributed by atoms with Crippen molar-refractivity contribution in [3.05, 3.63) is 81.2 Å². The third-order valence-electron chi connectivity index (χ3n) is 3.96. The minimum atomic E-state index is -1.12. The quantitative estimate of drug-likeness (QED) is 0.402. The Morgan fingerprint density at radius 2 is 1.69 bits per heavy atom. The van der Waals surface area contributed by atoms with Crippen molar-refractivity contribution in [2.75, 3.05) is 6.54 Å². The molecule has 1 aliphatic heterocycles. The molecule has 0 unspecified atom stereocenters. The van der Waals surface area contributed by atoms with Gasteiger partial charge in [-0.1, -0.05) is 65.9 Å². The Morgan fingerprint density at radius 1 is 1.07 bits per heavy atom. The van der Waals surface area contributed by atoms with Crippen LogP contribution in [-0.4, -0.2) is 38.5 Å². The number of carbonyl (C=O) groups is 3. The third-order valence-corrected chi connectivity index (χ3v) is 5.59. The molecule has 2 aromatic rings. The van der Waals surface area contributed by atoms with E-state index in [0.717, 1.165) is 27.8 Å². The zero-order valence-corrected chi connectivity index (χ0v) is 17.3. The third kappa shape index (κ3) is 5.41. The highest BCUT2D eigenvalue weighted by Crippen LogP contribution is 2.32. The average Bonchev–Trinajstić information content (AvgIpc) is 2.95. The molecule has 0 aromatic heterocycles. The van der Waals surface area contributed by atoms with Crippen LogP contribution in [0.1, 0.15) is 21.5 Å². The van der Waals surface area contributed by atoms with E-state index >= 15 is 0 Å². The summed E-state index contributed by atoms with van der Waals surface area (Å²) >= 11 is 12.0. The number of hydrogen-bond donors (Lipinski definition) is 1. The number of thiocarbonyl (C=S) groups is 1. The van der Waals surface area contributed by atoms with Crippen LogP contribution in [-0.2, 0) is 9.59 Å². The van der Waals surface area contributed by atoms with Gasteiger partial charge in [0.05, 0.1) is 4.91 Å². The van der Waals surface area contributed by atoms with Crippen LogP contribution in [0.25, 0.3) is 12.2 Å². The average molecular weight is 444 g/mol. The molecule has 1 fully saturated rings. The topological polar surface area (TPSA) is 74.7 Å². The Bertz CT molecular complexity index is 1040. The van der Waals surface area contributed by atoms with Gasteiger partial charge in [0.1, 0.15) is 10.9 Å². The number of benzene rings is 2. The van der Waals surface area contributed by atoms with E-state index in [1.165, 1.54) is 6.08 Å². The van der Waals surface area contributed by atoms with Crippen molar-refractivity contribution in [3.8, 4) is 0 Å². The van der Waals surface area contributed by atoms with Gasteiger partial charge in [-0.25, -0.2) is 0 Å². The molecule has 0 bridgehead atoms. The number of ketones is 1. The van der Waals surface area contributed by atoms with Crippen molar-refractivity contribution in [1.29, 1.82) is 0 Å². The minimum Gasteiger partial charge on any atom is -0.480 e. The number of allylic oxidation sites excluding steroid dienone is 1. The molecule has 8 heteroatoms. The van der Waals surface area contributed by atoms with Gasteiger partial charge in [-0.2, -0.15) is 0 Å². The largest absolute Gasteiger partial charge is 0.480 e. The number of carbonyl (C=O) groups excluding carboxylic acids is 2. The lowest BCUT2D eigenvalue weighted by atomic mass is 10.1. The molecule has 0 atom stereocenters. The van der Waals surface area contributed by atoms with E-state index in [0.29, 0.717) is 15.5 Å². The summed E-state index contributed by atoms with van der Waals surface area (Å²) in [6.45, 7) is -0.451. The van der Waals surface area contributed by atoms with Gasteiger partial charge >= 0.3 is 5.97 Å². The van der Waals surface area contributed by atoms with Gasteiger partial charge in [-0.3, -0.25) is 19.3 Å². The maximum atomic E-state index is 12.3. The van der Waals surface area contributed by atoms with Crippen molar-refractivity contribution in [2.45, 2.75) is 0 Å². The minimum absolute atomic E-state index is 0.132. The van der Waals surface area contributed by atoms with E-state index in [9.17, 15) is 14.4 Å². The monoisotopic (exact) mass is 443 g/mol. The number of aliphatic carboxylic acids is 1. The highest BCUT2D eigenvalue weighted by molar-refractivity contribution is 8.26. The molecule has 0 aliphatic carbocycles. The van der Waals surface area contributed by atoms with Gasteiger partial charge in [-0.15, -0.1) is 0 Å². The first-order valence-electron chi connectivity index (χ1n) is 8.39. The molecule has 0 radical (unpaired) electrons. The number of hydrogen-bond acceptors (Lipinski definition) is 5. The molecule has 1 N–H and O–H groups in total. The standard InChI is InChI=1S/C21H14ClNO4S2/c22-16-8-6-15(7-9-16)17(24)10-5-13-1-3-14(4-2-13)11-18-20(27)23(12-19(25)26)21(28)29-18/h1-11H,12H2,(H,25,26)/b10-5+,18-11+. The predicted molar refractivity (Wildman–Crippen MR) is 119 cm³/mol. The lowest BCUT2D eigenvalue weighted by molar-refractivity contribution is -0.140. The van der Waals surface area contributed by atoms with Crippen molar-refractivity contribution in [2.24, 2.45) is 0 Å². The van der Waals surface area contributed by atoms with E-state index in [1.54, 1.807) is 48.6 Å². The summed E-state index contributed by atoms with van der Waals surface area (Å²) in [6.07, 6.45) is 4.84. The lowest BCUT2D eigenvalue weighted by Crippen LogP contribution is -2.33. The molecule has 146 valence electrons. The molecular formula is C21H14ClNO4S2. The molecule has 5 nitrogen and oxygen atoms in total. The predicted octanol–water partition coefficient (Wildman–Crippen LogP) is 4.52. The molecule has 1 aliphatic rings. The number of amides is 1. The number of nitrogens with zero attached hydrogens (tertiary/aromatic N) is 1. The van der Waals surface area contributed by atoms with Crippen LogP contribution in [0.4, 0.5) is 0 Å². The first kappa shape index (κ1) is 21.0. The van der Waals surface area contributed by atoms with Crippen LogP contribution < -0.4 is 0 Å². The molecule has 2 aromatic carbocycles. The van der Waals surface area contributed by atoms with E-state index in [4.69, 9.17) is 28.9 Å². The molecule has 1 heterocycles. The Labute approximate surface area is 181 Å². The normalized spacial score (nSPS) is 15.5. The molecule has 1 saturated heterocycles. The molecule has 0 saturated carbocycles. The Morgan fingerprint density at radius 3 is 2.31 bits per heavy atom. The smallest absolute Gasteiger partial charge is 0.323 e. The van der Waals surface area contributed by atoms with Gasteiger partial charge in [0, 0.05) is 10.6 Å². The molecule has 29 heavy (non-hydrogen) atoms. The fraction of sp³-hybridized carbons (Fsp3) is 0.0476. The fourth-order valence-electron chi connectivity index (χ4n) is 2.51. The van der Waals surface area contributed by atoms with Gasteiger partial charge in [0.15, 0.2) is 5.78 Å². The number of thioether (sulfide) groups is 1. The van der Waals surface area contributed by atoms with Crippen LogP contribution in [0, 0.1) is 0 Å². The zero-order valence-electron chi connectivity index (χ0n) is 14.9. The number of halogens is 1. The fourth-order valence-corrected chi connectivity index (χ4v) is 3.89. The molecular weight excluding hydrogens is 430 g/mol. The maximum absolute atomic E-state index is 12.3. The van der Waals surface area contributed by atoms with Crippen LogP contribution in [0.3, 0.4) is 0 Å². The SMILES string of the molecule is O=C(O)CN1C(=O)/C(=C\c2ccc(/C=C/C(=O)c3ccc(Cl)cc3)cc2)SC1=S. The number of carboxylic acids is 1. The molecule has 3 rings (SSSR count). The summed E-state index contributed by atoms with van der Waals surface area (Å²) in [5.41, 5.74) is 2.13. The second-order valence-corrected chi connectivity index (χ2v) is 8.14. The second-order valence-electron chi connectivity index (χ2n) is 6.03. The summed E-state index contributed by atoms with van der Waals surface area (Å²) in [6, 6.07) is 13.9. The van der Waals surface area contributed by atoms with Gasteiger partial charge in [0.25, 0.3) is 5.91 Å². The summed E-state index contributed by atoms with van der Waals surface area (Å²) < 4.78 is 0.226. The van der Waals surface area contributed by atoms with Crippen LogP contribution >= 0.6 is 35.6 Å². The summed E-state index contributed by atoms with van der Waals surface area (Å²) in [5.74, 6) is -1.67. The van der Waals surface area contributed by atoms with Crippen LogP contribution in [0.5, 0.6) is 0 Å². The van der Waals surface area contributed by atoms with Crippen LogP contribution in [0.2, 0.25) is 5.02 Å². The Balaban J connectivity index is 1.69. The van der Waals surface area contributed by atoms with Gasteiger partial charge < -0.3 is 5.11 Å². The van der Waals surface area contributed by atoms with Gasteiger partial charge in [-0.05, 0) is 47.5 Å². The first-order chi connectivity index (χ1) is 13.8. The molecule has 0 spiro atoms. The zero-order chi connectivity index (χ0) is 21.0. The summed E-state index contributed by atoms with van der Waals surface area (Å²) in [7, 11) is 0. The van der Waals surface area contributed by atoms with E-state index < -0.39 is 18.4 Å². The maximum Gasteiger partial charge on any atom is 0.323 e. The first-order valence-corrected chi connectivity index (χ1v) is 9.99. The van der Waals surface area contributed by atoms with E-state index in [1.807, 2.05) is 12.1 Å².